The van der Waals surface area contributed by atoms with E-state index in [1.165, 1.54) is 0 Å². The van der Waals surface area contributed by atoms with Crippen LogP contribution in [-0.4, -0.2) is 47.1 Å². The number of amides is 1. The topological polar surface area (TPSA) is 76.5 Å². The average Bonchev–Trinajstić information content (AvgIpc) is 2.91. The third-order valence-electron chi connectivity index (χ3n) is 6.14. The molecule has 4 aromatic rings. The fourth-order valence-corrected chi connectivity index (χ4v) is 4.05. The number of aryl methyl sites for hydroxylation is 2. The van der Waals surface area contributed by atoms with Gasteiger partial charge in [-0.2, -0.15) is 0 Å². The molecule has 0 saturated carbocycles. The first-order valence-electron chi connectivity index (χ1n) is 12.2. The predicted molar refractivity (Wildman–Crippen MR) is 157 cm³/mol. The van der Waals surface area contributed by atoms with Crippen LogP contribution in [0.1, 0.15) is 28.0 Å². The van der Waals surface area contributed by atoms with Gasteiger partial charge in [0, 0.05) is 62.6 Å². The summed E-state index contributed by atoms with van der Waals surface area (Å²) in [6.45, 7) is 2.65. The average molecular weight is 558 g/mol. The molecule has 2 aromatic carbocycles. The number of nitrogens with one attached hydrogen (secondary N) is 1. The largest absolute Gasteiger partial charge is 0.494 e. The maximum absolute atomic E-state index is 12.4. The number of carbonyl (C=O) groups is 1. The number of hydrogen-bond donors (Lipinski definition) is 1. The van der Waals surface area contributed by atoms with E-state index in [0.717, 1.165) is 47.3 Å². The summed E-state index contributed by atoms with van der Waals surface area (Å²) in [5.74, 6) is 0.822. The Labute approximate surface area is 235 Å². The molecule has 0 fully saturated rings. The SMILES string of the molecule is CN(CCNCc1ccnc(CCCOc2ccc3c(ccc(=O)n3C)c2)c1)C(=O)c1ccccc1.Cl.Cl. The molecule has 0 aliphatic carbocycles. The van der Waals surface area contributed by atoms with Crippen molar-refractivity contribution in [2.75, 3.05) is 26.7 Å². The van der Waals surface area contributed by atoms with Gasteiger partial charge in [-0.1, -0.05) is 18.2 Å². The molecule has 0 spiro atoms. The summed E-state index contributed by atoms with van der Waals surface area (Å²) in [6, 6.07) is 22.6. The summed E-state index contributed by atoms with van der Waals surface area (Å²) in [6.07, 6.45) is 3.51. The molecule has 4 rings (SSSR count). The molecule has 0 aliphatic heterocycles. The highest BCUT2D eigenvalue weighted by molar-refractivity contribution is 5.94. The molecule has 2 aromatic heterocycles. The molecule has 0 atom stereocenters. The lowest BCUT2D eigenvalue weighted by molar-refractivity contribution is 0.0796. The van der Waals surface area contributed by atoms with Crippen molar-refractivity contribution < 1.29 is 9.53 Å². The number of benzene rings is 2. The van der Waals surface area contributed by atoms with Crippen molar-refractivity contribution in [2.45, 2.75) is 19.4 Å². The molecule has 0 aliphatic rings. The minimum atomic E-state index is -0.0217. The van der Waals surface area contributed by atoms with Crippen molar-refractivity contribution in [3.05, 3.63) is 106 Å². The number of hydrogen-bond acceptors (Lipinski definition) is 5. The number of nitrogens with zero attached hydrogens (tertiary/aromatic N) is 3. The van der Waals surface area contributed by atoms with Crippen LogP contribution in [0.15, 0.2) is 83.8 Å². The van der Waals surface area contributed by atoms with E-state index >= 15 is 0 Å². The van der Waals surface area contributed by atoms with Gasteiger partial charge in [-0.15, -0.1) is 24.8 Å². The third-order valence-corrected chi connectivity index (χ3v) is 6.14. The van der Waals surface area contributed by atoms with Gasteiger partial charge in [0.1, 0.15) is 5.75 Å². The van der Waals surface area contributed by atoms with Gasteiger partial charge >= 0.3 is 0 Å². The fourth-order valence-electron chi connectivity index (χ4n) is 4.05. The van der Waals surface area contributed by atoms with Crippen LogP contribution < -0.4 is 15.6 Å². The lowest BCUT2D eigenvalue weighted by atomic mass is 10.1. The number of halogens is 2. The first-order chi connectivity index (χ1) is 17.5. The minimum absolute atomic E-state index is 0. The first kappa shape index (κ1) is 30.8. The number of carbonyl (C=O) groups excluding carboxylic acids is 1. The van der Waals surface area contributed by atoms with Crippen molar-refractivity contribution in [3.8, 4) is 5.75 Å². The molecule has 9 heteroatoms. The number of likely N-dealkylation sites (N-methyl/N-ethyl adjacent to an activating group) is 1. The van der Waals surface area contributed by atoms with Gasteiger partial charge in [-0.3, -0.25) is 14.6 Å². The Hall–Kier alpha value is -3.39. The highest BCUT2D eigenvalue weighted by Crippen LogP contribution is 2.19. The molecule has 0 bridgehead atoms. The van der Waals surface area contributed by atoms with E-state index < -0.39 is 0 Å². The summed E-state index contributed by atoms with van der Waals surface area (Å²) in [4.78, 5) is 30.4. The lowest BCUT2D eigenvalue weighted by Crippen LogP contribution is -2.33. The van der Waals surface area contributed by atoms with E-state index in [0.29, 0.717) is 25.3 Å². The Kier molecular flexibility index (Phi) is 12.3. The summed E-state index contributed by atoms with van der Waals surface area (Å²) >= 11 is 0. The van der Waals surface area contributed by atoms with Crippen LogP contribution in [-0.2, 0) is 20.0 Å². The summed E-state index contributed by atoms with van der Waals surface area (Å²) < 4.78 is 7.56. The molecule has 0 radical (unpaired) electrons. The second-order valence-corrected chi connectivity index (χ2v) is 8.83. The molecule has 0 unspecified atom stereocenters. The lowest BCUT2D eigenvalue weighted by Gasteiger charge is -2.17. The maximum atomic E-state index is 12.4. The van der Waals surface area contributed by atoms with Crippen molar-refractivity contribution in [2.24, 2.45) is 7.05 Å². The van der Waals surface area contributed by atoms with Crippen LogP contribution in [0, 0.1) is 0 Å². The van der Waals surface area contributed by atoms with Crippen LogP contribution in [0.4, 0.5) is 0 Å². The molecule has 1 amide bonds. The van der Waals surface area contributed by atoms with Crippen molar-refractivity contribution in [1.29, 1.82) is 0 Å². The summed E-state index contributed by atoms with van der Waals surface area (Å²) in [5, 5.41) is 4.39. The van der Waals surface area contributed by atoms with Crippen LogP contribution in [0.5, 0.6) is 5.75 Å². The zero-order chi connectivity index (χ0) is 25.3. The summed E-state index contributed by atoms with van der Waals surface area (Å²) in [7, 11) is 3.59. The Morgan fingerprint density at radius 1 is 1.03 bits per heavy atom. The Balaban J connectivity index is 0.00000253. The number of rotatable bonds is 11. The summed E-state index contributed by atoms with van der Waals surface area (Å²) in [5.41, 5.74) is 3.77. The zero-order valence-corrected chi connectivity index (χ0v) is 23.3. The Morgan fingerprint density at radius 3 is 2.61 bits per heavy atom. The van der Waals surface area contributed by atoms with Gasteiger partial charge in [-0.25, -0.2) is 0 Å². The highest BCUT2D eigenvalue weighted by Gasteiger charge is 2.10. The third kappa shape index (κ3) is 8.31. The number of aromatic nitrogens is 2. The second kappa shape index (κ2) is 15.1. The van der Waals surface area contributed by atoms with E-state index in [1.807, 2.05) is 73.9 Å². The van der Waals surface area contributed by atoms with Crippen LogP contribution >= 0.6 is 24.8 Å². The fraction of sp³-hybridized carbons (Fsp3) is 0.276. The predicted octanol–water partition coefficient (Wildman–Crippen LogP) is 4.65. The smallest absolute Gasteiger partial charge is 0.253 e. The van der Waals surface area contributed by atoms with E-state index in [2.05, 4.69) is 16.4 Å². The van der Waals surface area contributed by atoms with Crippen molar-refractivity contribution in [3.63, 3.8) is 0 Å². The van der Waals surface area contributed by atoms with Gasteiger partial charge in [0.25, 0.3) is 11.5 Å². The number of fused-ring (bicyclic) bond motifs is 1. The van der Waals surface area contributed by atoms with Gasteiger partial charge in [-0.05, 0) is 66.9 Å². The molecular weight excluding hydrogens is 523 g/mol. The van der Waals surface area contributed by atoms with Gasteiger partial charge in [0.15, 0.2) is 0 Å². The minimum Gasteiger partial charge on any atom is -0.494 e. The number of pyridine rings is 2. The van der Waals surface area contributed by atoms with Crippen LogP contribution in [0.25, 0.3) is 10.9 Å². The van der Waals surface area contributed by atoms with E-state index in [9.17, 15) is 9.59 Å². The molecule has 38 heavy (non-hydrogen) atoms. The van der Waals surface area contributed by atoms with E-state index in [-0.39, 0.29) is 36.3 Å². The van der Waals surface area contributed by atoms with Crippen molar-refractivity contribution >= 4 is 41.6 Å². The van der Waals surface area contributed by atoms with Crippen LogP contribution in [0.2, 0.25) is 0 Å². The maximum Gasteiger partial charge on any atom is 0.253 e. The van der Waals surface area contributed by atoms with Gasteiger partial charge in [0.05, 0.1) is 12.1 Å². The molecule has 202 valence electrons. The zero-order valence-electron chi connectivity index (χ0n) is 21.6. The normalized spacial score (nSPS) is 10.4. The van der Waals surface area contributed by atoms with E-state index in [4.69, 9.17) is 4.74 Å². The number of ether oxygens (including phenoxy) is 1. The molecular formula is C29H34Cl2N4O3. The molecule has 0 saturated heterocycles. The second-order valence-electron chi connectivity index (χ2n) is 8.83. The molecule has 2 heterocycles. The van der Waals surface area contributed by atoms with Crippen molar-refractivity contribution in [1.82, 2.24) is 19.8 Å². The Morgan fingerprint density at radius 2 is 1.82 bits per heavy atom. The quantitative estimate of drug-likeness (QED) is 0.272. The monoisotopic (exact) mass is 556 g/mol. The first-order valence-corrected chi connectivity index (χ1v) is 12.2. The van der Waals surface area contributed by atoms with E-state index in [1.54, 1.807) is 22.6 Å². The standard InChI is InChI=1S/C29H32N4O3.2ClH/c1-32(29(35)23-7-4-3-5-8-23)17-16-30-21-22-14-15-31-25(19-22)9-6-18-36-26-11-12-27-24(20-26)10-13-28(34)33(27)2;;/h3-5,7-8,10-15,19-20,30H,6,9,16-18,21H2,1-2H3;2*1H. The van der Waals surface area contributed by atoms with Gasteiger partial charge < -0.3 is 19.5 Å². The van der Waals surface area contributed by atoms with Crippen LogP contribution in [0.3, 0.4) is 0 Å². The highest BCUT2D eigenvalue weighted by atomic mass is 35.5. The Bertz CT molecular complexity index is 1380. The molecule has 7 nitrogen and oxygen atoms in total. The van der Waals surface area contributed by atoms with Gasteiger partial charge in [0.2, 0.25) is 0 Å². The molecule has 1 N–H and O–H groups in total.